The third-order valence-corrected chi connectivity index (χ3v) is 10.00. The minimum Gasteiger partial charge on any atom is -0.491 e. The molecule has 1 heterocycles. The van der Waals surface area contributed by atoms with Crippen molar-refractivity contribution in [3.63, 3.8) is 0 Å². The van der Waals surface area contributed by atoms with Gasteiger partial charge < -0.3 is 23.7 Å². The first-order valence-corrected chi connectivity index (χ1v) is 17.4. The Balaban J connectivity index is 1.42. The van der Waals surface area contributed by atoms with Crippen molar-refractivity contribution < 1.29 is 23.6 Å². The second-order valence-corrected chi connectivity index (χ2v) is 14.8. The van der Waals surface area contributed by atoms with Crippen molar-refractivity contribution in [2.75, 3.05) is 37.5 Å². The Kier molecular flexibility index (Phi) is 10.9. The summed E-state index contributed by atoms with van der Waals surface area (Å²) in [6.45, 7) is 10.1. The highest BCUT2D eigenvalue weighted by Gasteiger charge is 2.42. The molecule has 5 unspecified atom stereocenters. The summed E-state index contributed by atoms with van der Waals surface area (Å²) in [5.74, 6) is 2.86. The Morgan fingerprint density at radius 3 is 2.66 bits per heavy atom. The van der Waals surface area contributed by atoms with Crippen molar-refractivity contribution in [3.8, 4) is 5.75 Å². The summed E-state index contributed by atoms with van der Waals surface area (Å²) in [5.41, 5.74) is 4.89. The molecule has 240 valence electrons. The first-order chi connectivity index (χ1) is 21.1. The molecule has 6 nitrogen and oxygen atoms in total. The summed E-state index contributed by atoms with van der Waals surface area (Å²) in [7, 11) is 1.84. The maximum Gasteiger partial charge on any atom is 0.338 e. The Morgan fingerprint density at radius 1 is 1.20 bits per heavy atom. The number of methoxy groups -OCH3 is 1. The van der Waals surface area contributed by atoms with Crippen molar-refractivity contribution in [2.24, 2.45) is 17.8 Å². The molecule has 1 aliphatic heterocycles. The van der Waals surface area contributed by atoms with E-state index in [0.29, 0.717) is 29.9 Å². The number of hydrogen-bond donors (Lipinski definition) is 1. The number of hydrogen-bond acceptors (Lipinski definition) is 7. The lowest BCUT2D eigenvalue weighted by molar-refractivity contribution is 0.000765. The lowest BCUT2D eigenvalue weighted by atomic mass is 9.65. The first-order valence-electron chi connectivity index (χ1n) is 16.1. The molecular weight excluding hydrogens is 594 g/mol. The average Bonchev–Trinajstić information content (AvgIpc) is 3.12. The maximum atomic E-state index is 13.1. The molecule has 1 fully saturated rings. The van der Waals surface area contributed by atoms with Crippen LogP contribution in [-0.2, 0) is 15.9 Å². The Labute approximate surface area is 272 Å². The zero-order valence-corrected chi connectivity index (χ0v) is 28.4. The van der Waals surface area contributed by atoms with Gasteiger partial charge in [0, 0.05) is 36.9 Å². The van der Waals surface area contributed by atoms with Gasteiger partial charge in [-0.25, -0.2) is 4.79 Å². The Morgan fingerprint density at radius 2 is 2.00 bits per heavy atom. The van der Waals surface area contributed by atoms with Crippen LogP contribution in [-0.4, -0.2) is 54.8 Å². The molecule has 2 aromatic rings. The minimum atomic E-state index is -0.574. The summed E-state index contributed by atoms with van der Waals surface area (Å²) in [4.78, 5) is 15.6. The molecule has 0 aromatic heterocycles. The van der Waals surface area contributed by atoms with E-state index in [1.54, 1.807) is 0 Å². The van der Waals surface area contributed by atoms with E-state index in [1.165, 1.54) is 16.7 Å². The fourth-order valence-corrected chi connectivity index (χ4v) is 7.66. The van der Waals surface area contributed by atoms with Gasteiger partial charge >= 0.3 is 5.97 Å². The van der Waals surface area contributed by atoms with Gasteiger partial charge in [0.25, 0.3) is 0 Å². The molecule has 5 atom stereocenters. The predicted molar refractivity (Wildman–Crippen MR) is 180 cm³/mol. The molecule has 8 heteroatoms. The van der Waals surface area contributed by atoms with Crippen LogP contribution < -0.4 is 9.64 Å². The van der Waals surface area contributed by atoms with Crippen LogP contribution in [0.3, 0.4) is 0 Å². The van der Waals surface area contributed by atoms with Crippen LogP contribution in [0.5, 0.6) is 5.75 Å². The summed E-state index contributed by atoms with van der Waals surface area (Å²) >= 11 is 7.36. The molecule has 44 heavy (non-hydrogen) atoms. The first kappa shape index (κ1) is 33.2. The molecule has 1 N–H and O–H groups in total. The van der Waals surface area contributed by atoms with Crippen molar-refractivity contribution >= 4 is 35.3 Å². The summed E-state index contributed by atoms with van der Waals surface area (Å²) < 4.78 is 27.5. The SMILES string of the molecule is CCCc1cc(Cl)ccc1C1COc2ccc(C(=O)OC(C)(C)C)cc2N(CC2CCC2C(OC)C2=CC(CCSO)C2)C1. The molecule has 2 aliphatic carbocycles. The minimum absolute atomic E-state index is 0.130. The topological polar surface area (TPSA) is 68.2 Å². The third kappa shape index (κ3) is 7.78. The third-order valence-electron chi connectivity index (χ3n) is 9.35. The standard InChI is InChI=1S/C36H48ClNO5S/c1-6-7-24-18-29(37)10-12-30(24)28-21-38(32-19-25(9-13-33(32)42-22-28)35(39)43-36(2,3)4)20-26-8-11-31(26)34(41-5)27-16-23(17-27)14-15-44-40/h9-10,12-13,16,18-19,23,26,28,31,34,40H,6-8,11,14-15,17,20-22H2,1-5H3. The predicted octanol–water partition coefficient (Wildman–Crippen LogP) is 8.81. The smallest absolute Gasteiger partial charge is 0.338 e. The summed E-state index contributed by atoms with van der Waals surface area (Å²) in [5, 5.41) is 0.763. The molecule has 5 rings (SSSR count). The average molecular weight is 642 g/mol. The number of halogens is 1. The van der Waals surface area contributed by atoms with Gasteiger partial charge in [-0.3, -0.25) is 0 Å². The lowest BCUT2D eigenvalue weighted by Crippen LogP contribution is -2.46. The largest absolute Gasteiger partial charge is 0.491 e. The van der Waals surface area contributed by atoms with Crippen LogP contribution in [0, 0.1) is 17.8 Å². The normalized spacial score (nSPS) is 23.8. The van der Waals surface area contributed by atoms with Crippen LogP contribution in [0.4, 0.5) is 5.69 Å². The molecular formula is C36H48ClNO5S. The monoisotopic (exact) mass is 641 g/mol. The Hall–Kier alpha value is -2.19. The van der Waals surface area contributed by atoms with Crippen molar-refractivity contribution in [2.45, 2.75) is 83.8 Å². The zero-order chi connectivity index (χ0) is 31.4. The van der Waals surface area contributed by atoms with Crippen LogP contribution in [0.25, 0.3) is 0 Å². The molecule has 2 aromatic carbocycles. The number of ether oxygens (including phenoxy) is 3. The Bertz CT molecular complexity index is 1340. The van der Waals surface area contributed by atoms with Crippen molar-refractivity contribution in [3.05, 3.63) is 69.8 Å². The second-order valence-electron chi connectivity index (χ2n) is 13.7. The van der Waals surface area contributed by atoms with E-state index in [1.807, 2.05) is 52.1 Å². The van der Waals surface area contributed by atoms with E-state index in [4.69, 9.17) is 30.4 Å². The van der Waals surface area contributed by atoms with Crippen LogP contribution in [0.1, 0.15) is 87.2 Å². The number of allylic oxidation sites excluding steroid dienone is 1. The zero-order valence-electron chi connectivity index (χ0n) is 26.8. The van der Waals surface area contributed by atoms with Gasteiger partial charge in [0.1, 0.15) is 11.4 Å². The highest BCUT2D eigenvalue weighted by molar-refractivity contribution is 7.93. The van der Waals surface area contributed by atoms with Crippen LogP contribution in [0.2, 0.25) is 5.02 Å². The van der Waals surface area contributed by atoms with E-state index >= 15 is 0 Å². The number of anilines is 1. The van der Waals surface area contributed by atoms with Gasteiger partial charge in [-0.1, -0.05) is 37.1 Å². The number of benzene rings is 2. The van der Waals surface area contributed by atoms with E-state index in [2.05, 4.69) is 30.0 Å². The van der Waals surface area contributed by atoms with Gasteiger partial charge in [0.2, 0.25) is 0 Å². The van der Waals surface area contributed by atoms with Gasteiger partial charge in [-0.2, -0.15) is 0 Å². The van der Waals surface area contributed by atoms with E-state index in [0.717, 1.165) is 85.9 Å². The van der Waals surface area contributed by atoms with Crippen LogP contribution in [0.15, 0.2) is 48.0 Å². The number of nitrogens with zero attached hydrogens (tertiary/aromatic N) is 1. The highest BCUT2D eigenvalue weighted by Crippen LogP contribution is 2.46. The summed E-state index contributed by atoms with van der Waals surface area (Å²) in [6, 6.07) is 12.0. The number of carbonyl (C=O) groups excluding carboxylic acids is 1. The molecule has 3 aliphatic rings. The second kappa shape index (κ2) is 14.5. The lowest BCUT2D eigenvalue weighted by Gasteiger charge is -2.46. The molecule has 0 saturated heterocycles. The van der Waals surface area contributed by atoms with E-state index in [9.17, 15) is 4.79 Å². The maximum absolute atomic E-state index is 13.1. The number of rotatable bonds is 12. The number of carbonyl (C=O) groups is 1. The number of esters is 1. The van der Waals surface area contributed by atoms with Gasteiger partial charge in [-0.05, 0) is 130 Å². The fraction of sp³-hybridized carbons (Fsp3) is 0.583. The molecule has 0 amide bonds. The van der Waals surface area contributed by atoms with Gasteiger partial charge in [0.15, 0.2) is 0 Å². The van der Waals surface area contributed by atoms with Crippen LogP contribution >= 0.6 is 23.6 Å². The molecule has 0 spiro atoms. The van der Waals surface area contributed by atoms with Gasteiger partial charge in [0.05, 0.1) is 24.0 Å². The van der Waals surface area contributed by atoms with E-state index in [-0.39, 0.29) is 18.0 Å². The van der Waals surface area contributed by atoms with E-state index < -0.39 is 5.60 Å². The summed E-state index contributed by atoms with van der Waals surface area (Å²) in [6.07, 6.45) is 8.87. The molecule has 1 saturated carbocycles. The quantitative estimate of drug-likeness (QED) is 0.141. The van der Waals surface area contributed by atoms with Gasteiger partial charge in [-0.15, -0.1) is 0 Å². The fourth-order valence-electron chi connectivity index (χ4n) is 7.05. The molecule has 0 bridgehead atoms. The number of aryl methyl sites for hydroxylation is 1. The number of fused-ring (bicyclic) bond motifs is 1. The van der Waals surface area contributed by atoms with Crippen molar-refractivity contribution in [1.29, 1.82) is 0 Å². The highest BCUT2D eigenvalue weighted by atomic mass is 35.5. The molecule has 0 radical (unpaired) electrons. The van der Waals surface area contributed by atoms with Crippen molar-refractivity contribution in [1.82, 2.24) is 0 Å².